The molecule has 0 spiro atoms. The number of hydrogen-bond donors (Lipinski definition) is 5. The SMILES string of the molecule is NC[C@@H](O)[C@@H](O)[C@H](O)[C@@H](N)C=O. The van der Waals surface area contributed by atoms with E-state index in [1.807, 2.05) is 0 Å². The highest BCUT2D eigenvalue weighted by atomic mass is 16.4. The van der Waals surface area contributed by atoms with E-state index in [2.05, 4.69) is 0 Å². The van der Waals surface area contributed by atoms with E-state index >= 15 is 0 Å². The van der Waals surface area contributed by atoms with Crippen molar-refractivity contribution in [1.29, 1.82) is 0 Å². The fourth-order valence-electron chi connectivity index (χ4n) is 0.675. The van der Waals surface area contributed by atoms with Gasteiger partial charge in [-0.25, -0.2) is 0 Å². The van der Waals surface area contributed by atoms with Crippen molar-refractivity contribution < 1.29 is 20.1 Å². The summed E-state index contributed by atoms with van der Waals surface area (Å²) < 4.78 is 0. The molecule has 0 saturated carbocycles. The Bertz CT molecular complexity index is 144. The molecule has 0 amide bonds. The first-order valence-electron chi connectivity index (χ1n) is 3.49. The monoisotopic (exact) mass is 178 g/mol. The lowest BCUT2D eigenvalue weighted by Gasteiger charge is -2.23. The number of aliphatic hydroxyl groups excluding tert-OH is 3. The molecule has 0 aromatic rings. The van der Waals surface area contributed by atoms with Gasteiger partial charge in [0, 0.05) is 6.54 Å². The second kappa shape index (κ2) is 5.18. The molecule has 72 valence electrons. The van der Waals surface area contributed by atoms with Crippen molar-refractivity contribution in [3.63, 3.8) is 0 Å². The van der Waals surface area contributed by atoms with E-state index in [1.54, 1.807) is 0 Å². The van der Waals surface area contributed by atoms with Gasteiger partial charge in [-0.15, -0.1) is 0 Å². The molecule has 0 radical (unpaired) electrons. The van der Waals surface area contributed by atoms with Crippen LogP contribution in [0, 0.1) is 0 Å². The number of nitrogens with two attached hydrogens (primary N) is 2. The predicted molar refractivity (Wildman–Crippen MR) is 41.1 cm³/mol. The maximum Gasteiger partial charge on any atom is 0.139 e. The fraction of sp³-hybridized carbons (Fsp3) is 0.833. The smallest absolute Gasteiger partial charge is 0.139 e. The minimum atomic E-state index is -1.49. The Morgan fingerprint density at radius 2 is 1.75 bits per heavy atom. The molecule has 0 heterocycles. The summed E-state index contributed by atoms with van der Waals surface area (Å²) in [5.74, 6) is 0. The van der Waals surface area contributed by atoms with Gasteiger partial charge in [0.05, 0.1) is 12.1 Å². The van der Waals surface area contributed by atoms with Crippen LogP contribution in [0.25, 0.3) is 0 Å². The minimum absolute atomic E-state index is 0.205. The number of carbonyl (C=O) groups is 1. The highest BCUT2D eigenvalue weighted by molar-refractivity contribution is 5.58. The van der Waals surface area contributed by atoms with E-state index in [0.717, 1.165) is 0 Å². The van der Waals surface area contributed by atoms with E-state index in [9.17, 15) is 4.79 Å². The zero-order valence-electron chi connectivity index (χ0n) is 6.50. The number of hydrogen-bond acceptors (Lipinski definition) is 6. The fourth-order valence-corrected chi connectivity index (χ4v) is 0.675. The second-order valence-electron chi connectivity index (χ2n) is 2.50. The van der Waals surface area contributed by atoms with Gasteiger partial charge >= 0.3 is 0 Å². The molecule has 12 heavy (non-hydrogen) atoms. The van der Waals surface area contributed by atoms with Crippen molar-refractivity contribution >= 4 is 6.29 Å². The summed E-state index contributed by atoms with van der Waals surface area (Å²) in [6.45, 7) is -0.205. The van der Waals surface area contributed by atoms with Gasteiger partial charge in [-0.1, -0.05) is 0 Å². The molecule has 0 saturated heterocycles. The highest BCUT2D eigenvalue weighted by Gasteiger charge is 2.28. The zero-order valence-corrected chi connectivity index (χ0v) is 6.50. The maximum absolute atomic E-state index is 10.1. The van der Waals surface area contributed by atoms with Crippen LogP contribution in [0.4, 0.5) is 0 Å². The van der Waals surface area contributed by atoms with Crippen LogP contribution < -0.4 is 11.5 Å². The van der Waals surface area contributed by atoms with E-state index in [1.165, 1.54) is 0 Å². The minimum Gasteiger partial charge on any atom is -0.389 e. The third kappa shape index (κ3) is 2.84. The molecule has 0 unspecified atom stereocenters. The summed E-state index contributed by atoms with van der Waals surface area (Å²) in [7, 11) is 0. The van der Waals surface area contributed by atoms with E-state index < -0.39 is 24.4 Å². The van der Waals surface area contributed by atoms with Gasteiger partial charge < -0.3 is 31.6 Å². The largest absolute Gasteiger partial charge is 0.389 e. The van der Waals surface area contributed by atoms with Crippen LogP contribution in [0.5, 0.6) is 0 Å². The molecule has 0 fully saturated rings. The van der Waals surface area contributed by atoms with Crippen LogP contribution in [0.15, 0.2) is 0 Å². The summed E-state index contributed by atoms with van der Waals surface area (Å²) in [6.07, 6.45) is -3.96. The van der Waals surface area contributed by atoms with Gasteiger partial charge in [0.25, 0.3) is 0 Å². The Labute approximate surface area is 69.8 Å². The number of rotatable bonds is 5. The molecular formula is C6H14N2O4. The van der Waals surface area contributed by atoms with Crippen LogP contribution >= 0.6 is 0 Å². The molecule has 0 aliphatic rings. The lowest BCUT2D eigenvalue weighted by Crippen LogP contribution is -2.50. The Balaban J connectivity index is 4.07. The summed E-state index contributed by atoms with van der Waals surface area (Å²) in [6, 6.07) is -1.21. The van der Waals surface area contributed by atoms with Gasteiger partial charge in [0.15, 0.2) is 0 Å². The Kier molecular flexibility index (Phi) is 4.95. The average Bonchev–Trinajstić information content (AvgIpc) is 2.12. The quantitative estimate of drug-likeness (QED) is 0.278. The van der Waals surface area contributed by atoms with Gasteiger partial charge in [-0.2, -0.15) is 0 Å². The van der Waals surface area contributed by atoms with Crippen molar-refractivity contribution in [1.82, 2.24) is 0 Å². The molecule has 0 aliphatic heterocycles. The van der Waals surface area contributed by atoms with Crippen LogP contribution in [-0.2, 0) is 4.79 Å². The summed E-state index contributed by atoms with van der Waals surface area (Å²) >= 11 is 0. The third-order valence-corrected chi connectivity index (χ3v) is 1.54. The first kappa shape index (κ1) is 11.5. The molecule has 0 rings (SSSR count). The summed E-state index contributed by atoms with van der Waals surface area (Å²) in [4.78, 5) is 10.1. The van der Waals surface area contributed by atoms with Crippen molar-refractivity contribution in [3.05, 3.63) is 0 Å². The molecule has 0 bridgehead atoms. The third-order valence-electron chi connectivity index (χ3n) is 1.54. The van der Waals surface area contributed by atoms with Crippen LogP contribution in [0.1, 0.15) is 0 Å². The van der Waals surface area contributed by atoms with Crippen molar-refractivity contribution in [2.75, 3.05) is 6.54 Å². The Morgan fingerprint density at radius 3 is 2.08 bits per heavy atom. The lowest BCUT2D eigenvalue weighted by molar-refractivity contribution is -0.116. The van der Waals surface area contributed by atoms with Gasteiger partial charge in [0.1, 0.15) is 18.5 Å². The Hall–Kier alpha value is -0.530. The van der Waals surface area contributed by atoms with Crippen molar-refractivity contribution in [2.24, 2.45) is 11.5 Å². The van der Waals surface area contributed by atoms with Crippen LogP contribution in [-0.4, -0.2) is 52.5 Å². The highest BCUT2D eigenvalue weighted by Crippen LogP contribution is 2.01. The van der Waals surface area contributed by atoms with E-state index in [4.69, 9.17) is 26.8 Å². The summed E-state index contributed by atoms with van der Waals surface area (Å²) in [5.41, 5.74) is 10.1. The molecule has 7 N–H and O–H groups in total. The molecule has 6 nitrogen and oxygen atoms in total. The number of aliphatic hydroxyl groups is 3. The standard InChI is InChI=1S/C6H14N2O4/c7-1-4(10)6(12)5(11)3(8)2-9/h2-6,10-12H,1,7-8H2/t3-,4+,5+,6+/m0/s1. The second-order valence-corrected chi connectivity index (χ2v) is 2.50. The Morgan fingerprint density at radius 1 is 1.25 bits per heavy atom. The van der Waals surface area contributed by atoms with E-state index in [-0.39, 0.29) is 12.8 Å². The normalized spacial score (nSPS) is 21.1. The first-order chi connectivity index (χ1) is 5.54. The molecule has 0 aliphatic carbocycles. The molecule has 0 aromatic carbocycles. The average molecular weight is 178 g/mol. The van der Waals surface area contributed by atoms with Gasteiger partial charge in [-0.3, -0.25) is 0 Å². The molecule has 6 heteroatoms. The first-order valence-corrected chi connectivity index (χ1v) is 3.49. The number of carbonyl (C=O) groups excluding carboxylic acids is 1. The maximum atomic E-state index is 10.1. The van der Waals surface area contributed by atoms with E-state index in [0.29, 0.717) is 0 Å². The van der Waals surface area contributed by atoms with Crippen molar-refractivity contribution in [3.8, 4) is 0 Å². The summed E-state index contributed by atoms with van der Waals surface area (Å²) in [5, 5.41) is 27.1. The van der Waals surface area contributed by atoms with Gasteiger partial charge in [0.2, 0.25) is 0 Å². The zero-order chi connectivity index (χ0) is 9.72. The van der Waals surface area contributed by atoms with Crippen LogP contribution in [0.3, 0.4) is 0 Å². The predicted octanol–water partition coefficient (Wildman–Crippen LogP) is -3.45. The lowest BCUT2D eigenvalue weighted by atomic mass is 10.0. The molecule has 0 aromatic heterocycles. The van der Waals surface area contributed by atoms with Crippen molar-refractivity contribution in [2.45, 2.75) is 24.4 Å². The van der Waals surface area contributed by atoms with Gasteiger partial charge in [-0.05, 0) is 0 Å². The molecular weight excluding hydrogens is 164 g/mol. The molecule has 4 atom stereocenters. The number of aldehydes is 1. The van der Waals surface area contributed by atoms with Crippen LogP contribution in [0.2, 0.25) is 0 Å². The topological polar surface area (TPSA) is 130 Å².